The van der Waals surface area contributed by atoms with Gasteiger partial charge in [-0.15, -0.1) is 0 Å². The molecule has 0 aliphatic heterocycles. The van der Waals surface area contributed by atoms with Crippen LogP contribution < -0.4 is 0 Å². The third kappa shape index (κ3) is 4.14. The van der Waals surface area contributed by atoms with Gasteiger partial charge in [-0.2, -0.15) is 4.68 Å². The van der Waals surface area contributed by atoms with E-state index < -0.39 is 31.9 Å². The second-order valence-corrected chi connectivity index (χ2v) is 8.44. The van der Waals surface area contributed by atoms with Crippen molar-refractivity contribution in [2.45, 2.75) is 30.2 Å². The lowest BCUT2D eigenvalue weighted by molar-refractivity contribution is -0.108. The minimum Gasteiger partial charge on any atom is -0.303 e. The highest BCUT2D eigenvalue weighted by molar-refractivity contribution is 7.92. The number of para-hydroxylation sites is 1. The SMILES string of the molecule is CC[C@H](CC=O)C(C(=O)c1ccccc1)S(=O)(=O)c1nnnn1-c1ccccc1. The van der Waals surface area contributed by atoms with E-state index in [0.29, 0.717) is 18.4 Å². The van der Waals surface area contributed by atoms with Gasteiger partial charge in [-0.1, -0.05) is 67.0 Å². The molecule has 1 heterocycles. The first-order valence-electron chi connectivity index (χ1n) is 9.11. The van der Waals surface area contributed by atoms with Crippen molar-refractivity contribution in [3.63, 3.8) is 0 Å². The van der Waals surface area contributed by atoms with Gasteiger partial charge < -0.3 is 4.79 Å². The molecule has 0 saturated heterocycles. The Morgan fingerprint density at radius 1 is 1.07 bits per heavy atom. The first-order chi connectivity index (χ1) is 14.0. The van der Waals surface area contributed by atoms with Gasteiger partial charge in [0.05, 0.1) is 5.69 Å². The number of sulfone groups is 1. The lowest BCUT2D eigenvalue weighted by Crippen LogP contribution is -2.39. The molecule has 0 aliphatic rings. The number of ketones is 1. The molecule has 0 bridgehead atoms. The number of nitrogens with zero attached hydrogens (tertiary/aromatic N) is 4. The van der Waals surface area contributed by atoms with Crippen LogP contribution in [0, 0.1) is 5.92 Å². The fourth-order valence-electron chi connectivity index (χ4n) is 3.20. The third-order valence-corrected chi connectivity index (χ3v) is 6.73. The van der Waals surface area contributed by atoms with Gasteiger partial charge in [-0.05, 0) is 28.5 Å². The largest absolute Gasteiger partial charge is 0.303 e. The zero-order valence-corrected chi connectivity index (χ0v) is 16.6. The van der Waals surface area contributed by atoms with Gasteiger partial charge >= 0.3 is 0 Å². The second kappa shape index (κ2) is 8.87. The molecule has 9 heteroatoms. The van der Waals surface area contributed by atoms with Gasteiger partial charge in [-0.3, -0.25) is 4.79 Å². The molecule has 8 nitrogen and oxygen atoms in total. The van der Waals surface area contributed by atoms with Crippen molar-refractivity contribution in [1.29, 1.82) is 0 Å². The molecule has 0 fully saturated rings. The first kappa shape index (κ1) is 20.5. The minimum atomic E-state index is -4.30. The maximum atomic E-state index is 13.6. The van der Waals surface area contributed by atoms with Crippen LogP contribution in [0.25, 0.3) is 5.69 Å². The Labute approximate surface area is 168 Å². The Kier molecular flexibility index (Phi) is 6.28. The molecule has 0 N–H and O–H groups in total. The smallest absolute Gasteiger partial charge is 0.273 e. The quantitative estimate of drug-likeness (QED) is 0.391. The number of hydrogen-bond acceptors (Lipinski definition) is 7. The first-order valence-corrected chi connectivity index (χ1v) is 10.7. The zero-order chi connectivity index (χ0) is 20.9. The predicted molar refractivity (Wildman–Crippen MR) is 105 cm³/mol. The number of hydrogen-bond donors (Lipinski definition) is 0. The lowest BCUT2D eigenvalue weighted by Gasteiger charge is -2.23. The predicted octanol–water partition coefficient (Wildman–Crippen LogP) is 2.30. The average molecular weight is 412 g/mol. The van der Waals surface area contributed by atoms with Crippen LogP contribution in [0.3, 0.4) is 0 Å². The van der Waals surface area contributed by atoms with Crippen LogP contribution >= 0.6 is 0 Å². The molecule has 2 aromatic carbocycles. The molecule has 2 atom stereocenters. The van der Waals surface area contributed by atoms with Gasteiger partial charge in [0.2, 0.25) is 9.84 Å². The third-order valence-electron chi connectivity index (χ3n) is 4.70. The zero-order valence-electron chi connectivity index (χ0n) is 15.7. The number of carbonyl (C=O) groups is 2. The molecule has 29 heavy (non-hydrogen) atoms. The minimum absolute atomic E-state index is 0.0636. The molecule has 0 spiro atoms. The van der Waals surface area contributed by atoms with Gasteiger partial charge in [0.1, 0.15) is 11.5 Å². The molecular weight excluding hydrogens is 392 g/mol. The maximum absolute atomic E-state index is 13.6. The fraction of sp³-hybridized carbons (Fsp3) is 0.250. The van der Waals surface area contributed by atoms with Crippen LogP contribution in [-0.4, -0.2) is 45.9 Å². The van der Waals surface area contributed by atoms with Crippen molar-refractivity contribution in [3.05, 3.63) is 66.2 Å². The number of benzene rings is 2. The van der Waals surface area contributed by atoms with Crippen molar-refractivity contribution >= 4 is 21.9 Å². The number of aromatic nitrogens is 4. The van der Waals surface area contributed by atoms with E-state index >= 15 is 0 Å². The molecule has 1 unspecified atom stereocenters. The summed E-state index contributed by atoms with van der Waals surface area (Å²) in [7, 11) is -4.30. The van der Waals surface area contributed by atoms with E-state index in [9.17, 15) is 18.0 Å². The summed E-state index contributed by atoms with van der Waals surface area (Å²) >= 11 is 0. The molecule has 0 amide bonds. The summed E-state index contributed by atoms with van der Waals surface area (Å²) in [4.78, 5) is 24.4. The highest BCUT2D eigenvalue weighted by Crippen LogP contribution is 2.28. The van der Waals surface area contributed by atoms with E-state index in [0.717, 1.165) is 4.68 Å². The summed E-state index contributed by atoms with van der Waals surface area (Å²) in [6.45, 7) is 1.75. The van der Waals surface area contributed by atoms with Crippen molar-refractivity contribution < 1.29 is 18.0 Å². The van der Waals surface area contributed by atoms with Crippen molar-refractivity contribution in [1.82, 2.24) is 20.2 Å². The molecular formula is C20H20N4O4S. The monoisotopic (exact) mass is 412 g/mol. The standard InChI is InChI=1S/C20H20N4O4S/c1-2-15(13-14-25)19(18(26)16-9-5-3-6-10-16)29(27,28)20-21-22-23-24(20)17-11-7-4-8-12-17/h3-12,14-15,19H,2,13H2,1H3/t15-,19?/m1/s1. The second-order valence-electron chi connectivity index (χ2n) is 6.48. The van der Waals surface area contributed by atoms with E-state index in [1.165, 1.54) is 0 Å². The molecule has 1 aromatic heterocycles. The topological polar surface area (TPSA) is 112 Å². The molecule has 3 aromatic rings. The Balaban J connectivity index is 2.14. The lowest BCUT2D eigenvalue weighted by atomic mass is 9.93. The van der Waals surface area contributed by atoms with Gasteiger partial charge in [-0.25, -0.2) is 8.42 Å². The molecule has 0 saturated carbocycles. The number of tetrazole rings is 1. The summed E-state index contributed by atoms with van der Waals surface area (Å²) < 4.78 is 28.2. The van der Waals surface area contributed by atoms with E-state index in [4.69, 9.17) is 0 Å². The number of aldehydes is 1. The van der Waals surface area contributed by atoms with E-state index in [2.05, 4.69) is 15.5 Å². The van der Waals surface area contributed by atoms with Gasteiger partial charge in [0.15, 0.2) is 5.78 Å². The fourth-order valence-corrected chi connectivity index (χ4v) is 5.19. The van der Waals surface area contributed by atoms with E-state index in [-0.39, 0.29) is 12.0 Å². The van der Waals surface area contributed by atoms with Crippen LogP contribution in [0.1, 0.15) is 30.1 Å². The van der Waals surface area contributed by atoms with Crippen LogP contribution in [0.15, 0.2) is 65.8 Å². The van der Waals surface area contributed by atoms with Crippen molar-refractivity contribution in [2.75, 3.05) is 0 Å². The molecule has 0 radical (unpaired) electrons. The Morgan fingerprint density at radius 2 is 1.69 bits per heavy atom. The number of Topliss-reactive ketones (excluding diaryl/α,β-unsaturated/α-hetero) is 1. The highest BCUT2D eigenvalue weighted by Gasteiger charge is 2.43. The van der Waals surface area contributed by atoms with Gasteiger partial charge in [0, 0.05) is 12.0 Å². The van der Waals surface area contributed by atoms with Crippen LogP contribution in [0.5, 0.6) is 0 Å². The normalized spacial score (nSPS) is 13.6. The molecule has 3 rings (SSSR count). The number of carbonyl (C=O) groups excluding carboxylic acids is 2. The van der Waals surface area contributed by atoms with Crippen LogP contribution in [0.2, 0.25) is 0 Å². The summed E-state index contributed by atoms with van der Waals surface area (Å²) in [6.07, 6.45) is 0.898. The van der Waals surface area contributed by atoms with Crippen LogP contribution in [-0.2, 0) is 14.6 Å². The molecule has 150 valence electrons. The maximum Gasteiger partial charge on any atom is 0.273 e. The summed E-state index contributed by atoms with van der Waals surface area (Å²) in [5.74, 6) is -1.28. The number of rotatable bonds is 9. The highest BCUT2D eigenvalue weighted by atomic mass is 32.2. The molecule has 0 aliphatic carbocycles. The van der Waals surface area contributed by atoms with E-state index in [1.807, 2.05) is 0 Å². The summed E-state index contributed by atoms with van der Waals surface area (Å²) in [5.41, 5.74) is 0.703. The van der Waals surface area contributed by atoms with Crippen molar-refractivity contribution in [3.8, 4) is 5.69 Å². The van der Waals surface area contributed by atoms with E-state index in [1.54, 1.807) is 67.6 Å². The summed E-state index contributed by atoms with van der Waals surface area (Å²) in [5, 5.41) is 9.11. The Bertz CT molecular complexity index is 1080. The summed E-state index contributed by atoms with van der Waals surface area (Å²) in [6, 6.07) is 16.7. The van der Waals surface area contributed by atoms with Crippen molar-refractivity contribution in [2.24, 2.45) is 5.92 Å². The Morgan fingerprint density at radius 3 is 2.28 bits per heavy atom. The van der Waals surface area contributed by atoms with Gasteiger partial charge in [0.25, 0.3) is 5.16 Å². The Hall–Kier alpha value is -3.20. The van der Waals surface area contributed by atoms with Crippen LogP contribution in [0.4, 0.5) is 0 Å². The average Bonchev–Trinajstić information content (AvgIpc) is 3.25.